The highest BCUT2D eigenvalue weighted by atomic mass is 32.2. The van der Waals surface area contributed by atoms with Crippen LogP contribution in [0.1, 0.15) is 21.5 Å². The van der Waals surface area contributed by atoms with Gasteiger partial charge in [0.2, 0.25) is 5.78 Å². The van der Waals surface area contributed by atoms with E-state index in [-0.39, 0.29) is 11.5 Å². The molecule has 0 atom stereocenters. The Morgan fingerprint density at radius 2 is 1.86 bits per heavy atom. The first-order valence-electron chi connectivity index (χ1n) is 6.34. The number of nitro benzene ring substituents is 1. The van der Waals surface area contributed by atoms with Crippen LogP contribution in [0.25, 0.3) is 6.08 Å². The summed E-state index contributed by atoms with van der Waals surface area (Å²) in [5, 5.41) is 10.6. The second-order valence-corrected chi connectivity index (χ2v) is 5.79. The highest BCUT2D eigenvalue weighted by molar-refractivity contribution is 8.05. The molecule has 0 saturated carbocycles. The Morgan fingerprint density at radius 1 is 1.14 bits per heavy atom. The first-order chi connectivity index (χ1) is 10.1. The predicted molar refractivity (Wildman–Crippen MR) is 82.4 cm³/mol. The van der Waals surface area contributed by atoms with Gasteiger partial charge in [0, 0.05) is 22.6 Å². The van der Waals surface area contributed by atoms with Crippen LogP contribution >= 0.6 is 11.8 Å². The monoisotopic (exact) mass is 297 g/mol. The maximum Gasteiger partial charge on any atom is 0.269 e. The van der Waals surface area contributed by atoms with Gasteiger partial charge in [-0.25, -0.2) is 0 Å². The molecule has 21 heavy (non-hydrogen) atoms. The molecule has 0 fully saturated rings. The van der Waals surface area contributed by atoms with Gasteiger partial charge in [-0.2, -0.15) is 0 Å². The molecular formula is C16H11NO3S. The highest BCUT2D eigenvalue weighted by Gasteiger charge is 2.26. The van der Waals surface area contributed by atoms with Gasteiger partial charge in [-0.1, -0.05) is 23.9 Å². The zero-order chi connectivity index (χ0) is 15.0. The average molecular weight is 297 g/mol. The molecule has 0 bridgehead atoms. The summed E-state index contributed by atoms with van der Waals surface area (Å²) in [7, 11) is 0. The SMILES string of the molecule is Cc1cccc2c1S/C(=C/c1ccc([N+](=O)[O-])cc1)C2=O. The maximum absolute atomic E-state index is 12.3. The molecule has 4 nitrogen and oxygen atoms in total. The molecule has 5 heteroatoms. The molecule has 0 saturated heterocycles. The first kappa shape index (κ1) is 13.6. The van der Waals surface area contributed by atoms with Gasteiger partial charge in [0.1, 0.15) is 0 Å². The van der Waals surface area contributed by atoms with Gasteiger partial charge in [0.05, 0.1) is 9.83 Å². The number of ketones is 1. The number of nitrogens with zero attached hydrogens (tertiary/aromatic N) is 1. The van der Waals surface area contributed by atoms with E-state index in [0.717, 1.165) is 21.6 Å². The number of thioether (sulfide) groups is 1. The number of nitro groups is 1. The number of rotatable bonds is 2. The molecule has 2 aromatic rings. The number of carbonyl (C=O) groups is 1. The van der Waals surface area contributed by atoms with E-state index in [1.807, 2.05) is 25.1 Å². The van der Waals surface area contributed by atoms with Crippen molar-refractivity contribution in [1.82, 2.24) is 0 Å². The summed E-state index contributed by atoms with van der Waals surface area (Å²) in [6, 6.07) is 11.9. The highest BCUT2D eigenvalue weighted by Crippen LogP contribution is 2.42. The van der Waals surface area contributed by atoms with Crippen LogP contribution in [0.5, 0.6) is 0 Å². The Balaban J connectivity index is 1.94. The molecule has 1 aliphatic rings. The summed E-state index contributed by atoms with van der Waals surface area (Å²) in [6.07, 6.45) is 1.77. The molecule has 0 aromatic heterocycles. The topological polar surface area (TPSA) is 60.2 Å². The number of fused-ring (bicyclic) bond motifs is 1. The number of carbonyl (C=O) groups excluding carboxylic acids is 1. The first-order valence-corrected chi connectivity index (χ1v) is 7.16. The Bertz CT molecular complexity index is 779. The quantitative estimate of drug-likeness (QED) is 0.473. The lowest BCUT2D eigenvalue weighted by Crippen LogP contribution is -1.94. The molecule has 0 aliphatic carbocycles. The molecule has 0 radical (unpaired) electrons. The van der Waals surface area contributed by atoms with Crippen molar-refractivity contribution in [1.29, 1.82) is 0 Å². The third-order valence-corrected chi connectivity index (χ3v) is 4.56. The fourth-order valence-electron chi connectivity index (χ4n) is 2.19. The van der Waals surface area contributed by atoms with Crippen molar-refractivity contribution in [2.24, 2.45) is 0 Å². The predicted octanol–water partition coefficient (Wildman–Crippen LogP) is 4.23. The van der Waals surface area contributed by atoms with Gasteiger partial charge in [-0.05, 0) is 42.3 Å². The molecular weight excluding hydrogens is 286 g/mol. The fourth-order valence-corrected chi connectivity index (χ4v) is 3.31. The maximum atomic E-state index is 12.3. The number of hydrogen-bond donors (Lipinski definition) is 0. The van der Waals surface area contributed by atoms with Crippen LogP contribution < -0.4 is 0 Å². The molecule has 1 aliphatic heterocycles. The van der Waals surface area contributed by atoms with Crippen LogP contribution in [-0.2, 0) is 0 Å². The lowest BCUT2D eigenvalue weighted by atomic mass is 10.1. The average Bonchev–Trinajstić information content (AvgIpc) is 2.78. The Kier molecular flexibility index (Phi) is 3.35. The standard InChI is InChI=1S/C16H11NO3S/c1-10-3-2-4-13-15(18)14(21-16(10)13)9-11-5-7-12(8-6-11)17(19)20/h2-9H,1H3/b14-9+. The number of hydrogen-bond acceptors (Lipinski definition) is 4. The van der Waals surface area contributed by atoms with Gasteiger partial charge in [0.25, 0.3) is 5.69 Å². The Morgan fingerprint density at radius 3 is 2.48 bits per heavy atom. The molecule has 0 N–H and O–H groups in total. The van der Waals surface area contributed by atoms with E-state index in [1.54, 1.807) is 18.2 Å². The van der Waals surface area contributed by atoms with Crippen molar-refractivity contribution in [3.05, 3.63) is 74.2 Å². The van der Waals surface area contributed by atoms with E-state index in [0.29, 0.717) is 4.91 Å². The Labute approximate surface area is 125 Å². The fraction of sp³-hybridized carbons (Fsp3) is 0.0625. The van der Waals surface area contributed by atoms with Gasteiger partial charge in [-0.15, -0.1) is 0 Å². The normalized spacial score (nSPS) is 15.3. The van der Waals surface area contributed by atoms with Crippen LogP contribution in [0.4, 0.5) is 5.69 Å². The summed E-state index contributed by atoms with van der Waals surface area (Å²) in [5.41, 5.74) is 2.63. The van der Waals surface area contributed by atoms with Crippen LogP contribution in [0.15, 0.2) is 52.3 Å². The number of non-ortho nitro benzene ring substituents is 1. The van der Waals surface area contributed by atoms with E-state index < -0.39 is 4.92 Å². The van der Waals surface area contributed by atoms with Crippen LogP contribution in [0.3, 0.4) is 0 Å². The molecule has 104 valence electrons. The molecule has 3 rings (SSSR count). The molecule has 1 heterocycles. The zero-order valence-electron chi connectivity index (χ0n) is 11.2. The molecule has 0 spiro atoms. The van der Waals surface area contributed by atoms with Crippen molar-refractivity contribution in [3.8, 4) is 0 Å². The van der Waals surface area contributed by atoms with E-state index in [4.69, 9.17) is 0 Å². The lowest BCUT2D eigenvalue weighted by molar-refractivity contribution is -0.384. The summed E-state index contributed by atoms with van der Waals surface area (Å²) in [6.45, 7) is 1.98. The molecule has 0 amide bonds. The second kappa shape index (κ2) is 5.18. The van der Waals surface area contributed by atoms with Crippen molar-refractivity contribution in [2.45, 2.75) is 11.8 Å². The van der Waals surface area contributed by atoms with E-state index in [2.05, 4.69) is 0 Å². The number of benzene rings is 2. The van der Waals surface area contributed by atoms with Gasteiger partial charge in [-0.3, -0.25) is 14.9 Å². The van der Waals surface area contributed by atoms with E-state index >= 15 is 0 Å². The molecule has 0 unspecified atom stereocenters. The number of aryl methyl sites for hydroxylation is 1. The minimum Gasteiger partial charge on any atom is -0.288 e. The minimum atomic E-state index is -0.439. The minimum absolute atomic E-state index is 0.0112. The number of allylic oxidation sites excluding steroid dienone is 1. The van der Waals surface area contributed by atoms with Gasteiger partial charge < -0.3 is 0 Å². The van der Waals surface area contributed by atoms with Crippen molar-refractivity contribution in [3.63, 3.8) is 0 Å². The largest absolute Gasteiger partial charge is 0.288 e. The summed E-state index contributed by atoms with van der Waals surface area (Å²) >= 11 is 1.45. The van der Waals surface area contributed by atoms with Crippen molar-refractivity contribution in [2.75, 3.05) is 0 Å². The summed E-state index contributed by atoms with van der Waals surface area (Å²) < 4.78 is 0. The summed E-state index contributed by atoms with van der Waals surface area (Å²) in [4.78, 5) is 24.2. The van der Waals surface area contributed by atoms with Gasteiger partial charge >= 0.3 is 0 Å². The second-order valence-electron chi connectivity index (χ2n) is 4.74. The smallest absolute Gasteiger partial charge is 0.269 e. The van der Waals surface area contributed by atoms with Crippen LogP contribution in [0, 0.1) is 17.0 Å². The third-order valence-electron chi connectivity index (χ3n) is 3.29. The molecule has 2 aromatic carbocycles. The number of Topliss-reactive ketones (excluding diaryl/α,β-unsaturated/α-hetero) is 1. The van der Waals surface area contributed by atoms with Gasteiger partial charge in [0.15, 0.2) is 0 Å². The summed E-state index contributed by atoms with van der Waals surface area (Å²) in [5.74, 6) is 0.0112. The third kappa shape index (κ3) is 2.48. The van der Waals surface area contributed by atoms with Crippen LogP contribution in [-0.4, -0.2) is 10.7 Å². The van der Waals surface area contributed by atoms with Crippen molar-refractivity contribution < 1.29 is 9.72 Å². The lowest BCUT2D eigenvalue weighted by Gasteiger charge is -1.98. The van der Waals surface area contributed by atoms with Crippen LogP contribution in [0.2, 0.25) is 0 Å². The Hall–Kier alpha value is -2.40. The zero-order valence-corrected chi connectivity index (χ0v) is 12.0. The van der Waals surface area contributed by atoms with E-state index in [9.17, 15) is 14.9 Å². The van der Waals surface area contributed by atoms with E-state index in [1.165, 1.54) is 23.9 Å². The van der Waals surface area contributed by atoms with Crippen molar-refractivity contribution >= 4 is 29.3 Å².